The molecular formula is C15H36O2SSi3. The molecule has 0 N–H and O–H groups in total. The molecule has 0 saturated carbocycles. The lowest BCUT2D eigenvalue weighted by atomic mass is 10.2. The largest absolute Gasteiger partial charge is 0.204 e. The van der Waals surface area contributed by atoms with Crippen LogP contribution in [0.15, 0.2) is 0 Å². The molecule has 0 aliphatic rings. The minimum Gasteiger partial charge on any atom is -0.185 e. The van der Waals surface area contributed by atoms with Crippen LogP contribution in [0.5, 0.6) is 0 Å². The van der Waals surface area contributed by atoms with Crippen LogP contribution < -0.4 is 0 Å². The minimum atomic E-state index is -2.05. The van der Waals surface area contributed by atoms with Crippen molar-refractivity contribution in [1.82, 2.24) is 0 Å². The van der Waals surface area contributed by atoms with Gasteiger partial charge in [-0.2, -0.15) is 8.42 Å². The summed E-state index contributed by atoms with van der Waals surface area (Å²) in [5.74, 6) is 0. The summed E-state index contributed by atoms with van der Waals surface area (Å²) >= 11 is 0. The molecule has 0 aromatic rings. The highest BCUT2D eigenvalue weighted by Crippen LogP contribution is 2.48. The zero-order valence-electron chi connectivity index (χ0n) is 15.8. The van der Waals surface area contributed by atoms with Crippen LogP contribution >= 0.6 is 0 Å². The lowest BCUT2D eigenvalue weighted by Crippen LogP contribution is -2.74. The first-order valence-electron chi connectivity index (χ1n) is 8.22. The van der Waals surface area contributed by atoms with Crippen molar-refractivity contribution < 1.29 is 8.42 Å². The van der Waals surface area contributed by atoms with E-state index in [9.17, 15) is 8.42 Å². The Balaban J connectivity index is 6.88. The first kappa shape index (κ1) is 21.3. The fourth-order valence-electron chi connectivity index (χ4n) is 4.35. The molecule has 0 spiro atoms. The SMILES string of the molecule is CC[Si](CC)(CC)[Si](C)(C(=S(=O)=O)[Si](C)(C)C)C(C)(C)C. The van der Waals surface area contributed by atoms with Gasteiger partial charge in [-0.15, -0.1) is 0 Å². The van der Waals surface area contributed by atoms with E-state index in [2.05, 4.69) is 67.7 Å². The zero-order chi connectivity index (χ0) is 17.3. The van der Waals surface area contributed by atoms with Gasteiger partial charge >= 0.3 is 0 Å². The van der Waals surface area contributed by atoms with Gasteiger partial charge in [0.25, 0.3) is 0 Å². The molecule has 0 amide bonds. The van der Waals surface area contributed by atoms with Gasteiger partial charge in [0.2, 0.25) is 10.3 Å². The molecule has 1 unspecified atom stereocenters. The highest BCUT2D eigenvalue weighted by atomic mass is 32.2. The van der Waals surface area contributed by atoms with Gasteiger partial charge in [-0.05, 0) is 5.04 Å². The van der Waals surface area contributed by atoms with Gasteiger partial charge in [0.15, 0.2) is 0 Å². The van der Waals surface area contributed by atoms with E-state index in [1.165, 1.54) is 18.1 Å². The Bertz CT molecular complexity index is 478. The summed E-state index contributed by atoms with van der Waals surface area (Å²) in [4.78, 5) is 0. The Labute approximate surface area is 137 Å². The summed E-state index contributed by atoms with van der Waals surface area (Å²) in [6.07, 6.45) is 0. The Morgan fingerprint density at radius 3 is 1.33 bits per heavy atom. The number of rotatable bonds is 6. The predicted octanol–water partition coefficient (Wildman–Crippen LogP) is 4.92. The van der Waals surface area contributed by atoms with Crippen molar-refractivity contribution in [2.45, 2.75) is 90.9 Å². The van der Waals surface area contributed by atoms with Crippen LogP contribution in [0.2, 0.25) is 49.4 Å². The molecular weight excluding hydrogens is 328 g/mol. The molecule has 21 heavy (non-hydrogen) atoms. The standard InChI is InChI=1S/C15H36O2SSi3/c1-11-21(12-2,13-3)20(10,15(4,5)6)14(18(16)17)19(7,8)9/h11-13H2,1-10H3. The van der Waals surface area contributed by atoms with Gasteiger partial charge in [0, 0.05) is 4.11 Å². The molecule has 0 rings (SSSR count). The van der Waals surface area contributed by atoms with Crippen molar-refractivity contribution in [1.29, 1.82) is 0 Å². The summed E-state index contributed by atoms with van der Waals surface area (Å²) in [7, 11) is -7.52. The van der Waals surface area contributed by atoms with Crippen LogP contribution in [-0.4, -0.2) is 35.8 Å². The van der Waals surface area contributed by atoms with Crippen LogP contribution in [0.25, 0.3) is 0 Å². The summed E-state index contributed by atoms with van der Waals surface area (Å²) in [6.45, 7) is 22.9. The summed E-state index contributed by atoms with van der Waals surface area (Å²) in [5, 5.41) is 0.108. The fraction of sp³-hybridized carbons (Fsp3) is 0.933. The van der Waals surface area contributed by atoms with Gasteiger partial charge in [-0.3, -0.25) is 0 Å². The van der Waals surface area contributed by atoms with Crippen molar-refractivity contribution in [3.05, 3.63) is 0 Å². The lowest BCUT2D eigenvalue weighted by molar-refractivity contribution is 0.627. The lowest BCUT2D eigenvalue weighted by Gasteiger charge is -2.55. The minimum absolute atomic E-state index is 0.108. The van der Waals surface area contributed by atoms with Crippen molar-refractivity contribution in [2.75, 3.05) is 0 Å². The average molecular weight is 365 g/mol. The summed E-state index contributed by atoms with van der Waals surface area (Å²) in [6, 6.07) is 3.64. The predicted molar refractivity (Wildman–Crippen MR) is 106 cm³/mol. The maximum Gasteiger partial charge on any atom is 0.204 e. The molecule has 0 radical (unpaired) electrons. The van der Waals surface area contributed by atoms with Crippen LogP contribution in [0.4, 0.5) is 0 Å². The normalized spacial score (nSPS) is 16.5. The van der Waals surface area contributed by atoms with E-state index >= 15 is 0 Å². The summed E-state index contributed by atoms with van der Waals surface area (Å²) < 4.78 is 25.6. The van der Waals surface area contributed by atoms with Crippen molar-refractivity contribution in [3.8, 4) is 0 Å². The van der Waals surface area contributed by atoms with Crippen molar-refractivity contribution >= 4 is 37.7 Å². The van der Waals surface area contributed by atoms with E-state index in [4.69, 9.17) is 0 Å². The second-order valence-electron chi connectivity index (χ2n) is 8.53. The van der Waals surface area contributed by atoms with E-state index in [0.717, 1.165) is 4.11 Å². The Kier molecular flexibility index (Phi) is 6.96. The molecule has 0 heterocycles. The molecule has 0 fully saturated rings. The van der Waals surface area contributed by atoms with Gasteiger partial charge in [-0.25, -0.2) is 0 Å². The van der Waals surface area contributed by atoms with Crippen LogP contribution in [0, 0.1) is 0 Å². The van der Waals surface area contributed by atoms with E-state index < -0.39 is 33.5 Å². The third kappa shape index (κ3) is 3.64. The molecule has 126 valence electrons. The zero-order valence-corrected chi connectivity index (χ0v) is 19.7. The molecule has 0 saturated heterocycles. The van der Waals surface area contributed by atoms with E-state index in [1.807, 2.05) is 0 Å². The molecule has 0 aromatic carbocycles. The maximum atomic E-state index is 12.3. The van der Waals surface area contributed by atoms with E-state index in [1.54, 1.807) is 0 Å². The monoisotopic (exact) mass is 364 g/mol. The van der Waals surface area contributed by atoms with Gasteiger partial charge in [0.1, 0.15) is 0 Å². The van der Waals surface area contributed by atoms with Crippen LogP contribution in [0.3, 0.4) is 0 Å². The van der Waals surface area contributed by atoms with Gasteiger partial charge in [-0.1, -0.05) is 85.9 Å². The Hall–Kier alpha value is 0.341. The molecule has 6 heteroatoms. The fourth-order valence-corrected chi connectivity index (χ4v) is 43.1. The van der Waals surface area contributed by atoms with Crippen LogP contribution in [0.1, 0.15) is 41.5 Å². The Morgan fingerprint density at radius 1 is 0.857 bits per heavy atom. The van der Waals surface area contributed by atoms with Crippen molar-refractivity contribution in [2.24, 2.45) is 0 Å². The highest BCUT2D eigenvalue weighted by Gasteiger charge is 2.60. The molecule has 0 bridgehead atoms. The van der Waals surface area contributed by atoms with Crippen LogP contribution in [-0.2, 0) is 10.3 Å². The molecule has 0 aliphatic heterocycles. The number of hydrogen-bond acceptors (Lipinski definition) is 2. The van der Waals surface area contributed by atoms with E-state index in [0.29, 0.717) is 0 Å². The van der Waals surface area contributed by atoms with Crippen molar-refractivity contribution in [3.63, 3.8) is 0 Å². The smallest absolute Gasteiger partial charge is 0.185 e. The van der Waals surface area contributed by atoms with Gasteiger partial charge in [0.05, 0.1) is 23.3 Å². The van der Waals surface area contributed by atoms with Gasteiger partial charge < -0.3 is 0 Å². The number of hydrogen-bond donors (Lipinski definition) is 0. The topological polar surface area (TPSA) is 34.1 Å². The average Bonchev–Trinajstić information content (AvgIpc) is 2.27. The quantitative estimate of drug-likeness (QED) is 0.495. The maximum absolute atomic E-state index is 12.3. The molecule has 0 aromatic heterocycles. The summed E-state index contributed by atoms with van der Waals surface area (Å²) in [5.41, 5.74) is 0. The molecule has 0 aliphatic carbocycles. The first-order valence-corrected chi connectivity index (χ1v) is 18.9. The van der Waals surface area contributed by atoms with E-state index in [-0.39, 0.29) is 5.04 Å². The first-order chi connectivity index (χ1) is 9.25. The Morgan fingerprint density at radius 2 is 1.19 bits per heavy atom. The second-order valence-corrected chi connectivity index (χ2v) is 30.7. The highest BCUT2D eigenvalue weighted by molar-refractivity contribution is 7.89. The third-order valence-electron chi connectivity index (χ3n) is 5.89. The third-order valence-corrected chi connectivity index (χ3v) is 39.3. The second kappa shape index (κ2) is 6.84. The molecule has 1 atom stereocenters. The molecule has 2 nitrogen and oxygen atoms in total.